The third kappa shape index (κ3) is 3.12. The molecule has 0 aliphatic heterocycles. The number of hydrogen-bond donors (Lipinski definition) is 0. The molecule has 4 heterocycles. The monoisotopic (exact) mass is 403 g/mol. The van der Waals surface area contributed by atoms with Gasteiger partial charge in [0.1, 0.15) is 12.9 Å². The molecule has 4 aromatic heterocycles. The van der Waals surface area contributed by atoms with E-state index in [1.54, 1.807) is 30.3 Å². The molecule has 1 fully saturated rings. The van der Waals surface area contributed by atoms with E-state index in [0.29, 0.717) is 34.7 Å². The molecule has 1 aliphatic rings. The first kappa shape index (κ1) is 18.4. The normalized spacial score (nSPS) is 21.3. The van der Waals surface area contributed by atoms with Gasteiger partial charge in [-0.15, -0.1) is 0 Å². The summed E-state index contributed by atoms with van der Waals surface area (Å²) in [6, 6.07) is 4.01. The van der Waals surface area contributed by atoms with E-state index >= 15 is 0 Å². The molecule has 1 saturated carbocycles. The van der Waals surface area contributed by atoms with Crippen molar-refractivity contribution in [3.63, 3.8) is 0 Å². The average Bonchev–Trinajstić information content (AvgIpc) is 3.09. The minimum atomic E-state index is -0.187. The fourth-order valence-corrected chi connectivity index (χ4v) is 3.95. The Morgan fingerprint density at radius 3 is 2.80 bits per heavy atom. The Labute approximate surface area is 172 Å². The molecular weight excluding hydrogens is 382 g/mol. The number of pyridine rings is 1. The molecule has 9 nitrogen and oxygen atoms in total. The number of aromatic nitrogens is 7. The van der Waals surface area contributed by atoms with E-state index in [1.807, 2.05) is 12.1 Å². The molecule has 0 N–H and O–H groups in total. The maximum Gasteiger partial charge on any atom is 0.280 e. The third-order valence-electron chi connectivity index (χ3n) is 5.81. The number of hydrogen-bond acceptors (Lipinski definition) is 7. The van der Waals surface area contributed by atoms with Gasteiger partial charge in [-0.3, -0.25) is 14.3 Å². The first-order chi connectivity index (χ1) is 14.5. The Bertz CT molecular complexity index is 1300. The third-order valence-corrected chi connectivity index (χ3v) is 5.81. The van der Waals surface area contributed by atoms with E-state index in [-0.39, 0.29) is 18.0 Å². The fraction of sp³-hybridized carbons (Fsp3) is 0.333. The molecule has 0 radical (unpaired) electrons. The lowest BCUT2D eigenvalue weighted by Crippen LogP contribution is -2.22. The lowest BCUT2D eigenvalue weighted by molar-refractivity contribution is 0.364. The van der Waals surface area contributed by atoms with Gasteiger partial charge < -0.3 is 9.09 Å². The second-order valence-electron chi connectivity index (χ2n) is 7.80. The Morgan fingerprint density at radius 1 is 1.23 bits per heavy atom. The van der Waals surface area contributed by atoms with Crippen molar-refractivity contribution >= 4 is 16.7 Å². The number of nitrogens with zero attached hydrogens (tertiary/aromatic N) is 7. The van der Waals surface area contributed by atoms with Crippen LogP contribution in [0.4, 0.5) is 0 Å². The maximum atomic E-state index is 12.7. The highest BCUT2D eigenvalue weighted by Crippen LogP contribution is 2.54. The summed E-state index contributed by atoms with van der Waals surface area (Å²) in [5.74, 6) is 2.09. The van der Waals surface area contributed by atoms with Gasteiger partial charge >= 0.3 is 0 Å². The van der Waals surface area contributed by atoms with Crippen molar-refractivity contribution in [2.45, 2.75) is 26.3 Å². The predicted molar refractivity (Wildman–Crippen MR) is 109 cm³/mol. The molecule has 0 aromatic carbocycles. The summed E-state index contributed by atoms with van der Waals surface area (Å²) in [5.41, 5.74) is 3.06. The smallest absolute Gasteiger partial charge is 0.280 e. The van der Waals surface area contributed by atoms with E-state index in [2.05, 4.69) is 45.0 Å². The van der Waals surface area contributed by atoms with Gasteiger partial charge in [0.15, 0.2) is 17.0 Å². The summed E-state index contributed by atoms with van der Waals surface area (Å²) in [4.78, 5) is 29.6. The van der Waals surface area contributed by atoms with E-state index in [4.69, 9.17) is 4.52 Å². The zero-order valence-electron chi connectivity index (χ0n) is 16.9. The lowest BCUT2D eigenvalue weighted by atomic mass is 10.1. The average molecular weight is 403 g/mol. The van der Waals surface area contributed by atoms with Gasteiger partial charge in [0.05, 0.1) is 6.33 Å². The molecule has 5 rings (SSSR count). The van der Waals surface area contributed by atoms with Gasteiger partial charge in [-0.1, -0.05) is 18.2 Å². The number of imidazole rings is 1. The number of allylic oxidation sites excluding steroid dienone is 2. The molecule has 1 aliphatic carbocycles. The van der Waals surface area contributed by atoms with Crippen LogP contribution < -0.4 is 5.56 Å². The van der Waals surface area contributed by atoms with Crippen molar-refractivity contribution in [2.75, 3.05) is 0 Å². The standard InChI is InChI=1S/C21H21N7O2/c1-12(14-4-6-22-7-5-14)8-15-13(2)17(15)19-25-16(30-26-19)9-28-11-24-20-18(21(28)29)27(3)10-23-20/h4-8,10-11,13,15,17H,9H2,1-3H3/b12-8+/t13-,15+,17+/m0/s1. The topological polar surface area (TPSA) is 105 Å². The fourth-order valence-electron chi connectivity index (χ4n) is 3.95. The Morgan fingerprint density at radius 2 is 2.00 bits per heavy atom. The summed E-state index contributed by atoms with van der Waals surface area (Å²) in [7, 11) is 1.77. The van der Waals surface area contributed by atoms with E-state index < -0.39 is 0 Å². The van der Waals surface area contributed by atoms with Gasteiger partial charge in [-0.25, -0.2) is 9.97 Å². The van der Waals surface area contributed by atoms with Crippen LogP contribution in [0.1, 0.15) is 37.0 Å². The summed E-state index contributed by atoms with van der Waals surface area (Å²) < 4.78 is 8.56. The van der Waals surface area contributed by atoms with Crippen LogP contribution in [-0.2, 0) is 13.6 Å². The van der Waals surface area contributed by atoms with E-state index in [1.165, 1.54) is 16.5 Å². The molecule has 30 heavy (non-hydrogen) atoms. The quantitative estimate of drug-likeness (QED) is 0.504. The number of rotatable bonds is 5. The highest BCUT2D eigenvalue weighted by atomic mass is 16.5. The van der Waals surface area contributed by atoms with Crippen LogP contribution in [0.2, 0.25) is 0 Å². The van der Waals surface area contributed by atoms with Gasteiger partial charge in [0.2, 0.25) is 5.89 Å². The van der Waals surface area contributed by atoms with Crippen LogP contribution >= 0.6 is 0 Å². The Balaban J connectivity index is 1.35. The van der Waals surface area contributed by atoms with Crippen LogP contribution in [0.3, 0.4) is 0 Å². The van der Waals surface area contributed by atoms with Crippen molar-refractivity contribution in [1.82, 2.24) is 34.2 Å². The Kier molecular flexibility index (Phi) is 4.30. The van der Waals surface area contributed by atoms with Crippen LogP contribution in [0.5, 0.6) is 0 Å². The summed E-state index contributed by atoms with van der Waals surface area (Å²) in [6.45, 7) is 4.47. The van der Waals surface area contributed by atoms with Crippen molar-refractivity contribution in [3.8, 4) is 0 Å². The van der Waals surface area contributed by atoms with Crippen LogP contribution in [-0.4, -0.2) is 34.2 Å². The Hall–Kier alpha value is -3.62. The maximum absolute atomic E-state index is 12.7. The highest BCUT2D eigenvalue weighted by molar-refractivity contribution is 5.68. The lowest BCUT2D eigenvalue weighted by Gasteiger charge is -2.01. The summed E-state index contributed by atoms with van der Waals surface area (Å²) in [5, 5.41) is 4.18. The van der Waals surface area contributed by atoms with Crippen molar-refractivity contribution < 1.29 is 4.52 Å². The minimum Gasteiger partial charge on any atom is -0.337 e. The van der Waals surface area contributed by atoms with Crippen molar-refractivity contribution in [1.29, 1.82) is 0 Å². The minimum absolute atomic E-state index is 0.178. The molecule has 3 atom stereocenters. The summed E-state index contributed by atoms with van der Waals surface area (Å²) >= 11 is 0. The predicted octanol–water partition coefficient (Wildman–Crippen LogP) is 2.41. The molecule has 9 heteroatoms. The SMILES string of the molecule is C/C(=C\[C@@H]1[C@H](C)[C@H]1c1noc(Cn2cnc3ncn(C)c3c2=O)n1)c1ccncc1. The molecular formula is C21H21N7O2. The molecule has 0 spiro atoms. The number of fused-ring (bicyclic) bond motifs is 1. The van der Waals surface area contributed by atoms with Crippen molar-refractivity contribution in [3.05, 3.63) is 70.9 Å². The molecule has 0 unspecified atom stereocenters. The van der Waals surface area contributed by atoms with E-state index in [0.717, 1.165) is 5.56 Å². The van der Waals surface area contributed by atoms with Crippen molar-refractivity contribution in [2.24, 2.45) is 18.9 Å². The molecule has 0 amide bonds. The largest absolute Gasteiger partial charge is 0.337 e. The second-order valence-corrected chi connectivity index (χ2v) is 7.80. The zero-order valence-corrected chi connectivity index (χ0v) is 16.9. The summed E-state index contributed by atoms with van der Waals surface area (Å²) in [6.07, 6.45) is 8.90. The second kappa shape index (κ2) is 7.01. The highest BCUT2D eigenvalue weighted by Gasteiger charge is 2.49. The van der Waals surface area contributed by atoms with Gasteiger partial charge in [-0.2, -0.15) is 4.98 Å². The zero-order chi connectivity index (χ0) is 20.8. The van der Waals surface area contributed by atoms with Gasteiger partial charge in [-0.05, 0) is 42.0 Å². The molecule has 0 saturated heterocycles. The molecule has 152 valence electrons. The van der Waals surface area contributed by atoms with Crippen LogP contribution in [0.25, 0.3) is 16.7 Å². The van der Waals surface area contributed by atoms with Crippen LogP contribution in [0.15, 0.2) is 52.6 Å². The first-order valence-corrected chi connectivity index (χ1v) is 9.80. The van der Waals surface area contributed by atoms with Gasteiger partial charge in [0, 0.05) is 25.4 Å². The van der Waals surface area contributed by atoms with Gasteiger partial charge in [0.25, 0.3) is 5.56 Å². The molecule has 0 bridgehead atoms. The van der Waals surface area contributed by atoms with Crippen LogP contribution in [0, 0.1) is 11.8 Å². The van der Waals surface area contributed by atoms with E-state index in [9.17, 15) is 4.79 Å². The molecule has 4 aromatic rings. The first-order valence-electron chi connectivity index (χ1n) is 9.80. The number of aryl methyl sites for hydroxylation is 1.